The Balaban J connectivity index is 1.62. The summed E-state index contributed by atoms with van der Waals surface area (Å²) in [5, 5.41) is 7.54. The van der Waals surface area contributed by atoms with Crippen LogP contribution in [0, 0.1) is 13.8 Å². The number of likely N-dealkylation sites (tertiary alicyclic amines) is 1. The Morgan fingerprint density at radius 3 is 2.60 bits per heavy atom. The highest BCUT2D eigenvalue weighted by molar-refractivity contribution is 5.93. The molecule has 0 unspecified atom stereocenters. The van der Waals surface area contributed by atoms with E-state index < -0.39 is 0 Å². The number of aromatic nitrogens is 1. The van der Waals surface area contributed by atoms with Gasteiger partial charge in [-0.3, -0.25) is 4.99 Å². The van der Waals surface area contributed by atoms with Crippen LogP contribution in [-0.4, -0.2) is 35.7 Å². The maximum absolute atomic E-state index is 5.24. The molecule has 0 radical (unpaired) electrons. The van der Waals surface area contributed by atoms with Crippen molar-refractivity contribution in [3.8, 4) is 0 Å². The summed E-state index contributed by atoms with van der Waals surface area (Å²) in [5.74, 6) is 1.94. The number of hydrogen-bond acceptors (Lipinski definition) is 3. The molecule has 0 aliphatic carbocycles. The summed E-state index contributed by atoms with van der Waals surface area (Å²) >= 11 is 0. The van der Waals surface area contributed by atoms with Crippen LogP contribution in [0.15, 0.2) is 39.8 Å². The second kappa shape index (κ2) is 8.70. The fourth-order valence-corrected chi connectivity index (χ4v) is 3.27. The van der Waals surface area contributed by atoms with Crippen molar-refractivity contribution >= 4 is 11.6 Å². The normalized spacial score (nSPS) is 15.4. The number of nitrogens with one attached hydrogen (secondary N) is 1. The Bertz CT molecular complexity index is 667. The van der Waals surface area contributed by atoms with Crippen LogP contribution in [-0.2, 0) is 6.42 Å². The van der Waals surface area contributed by atoms with Crippen LogP contribution in [0.3, 0.4) is 0 Å². The van der Waals surface area contributed by atoms with Gasteiger partial charge in [-0.05, 0) is 58.1 Å². The second-order valence-corrected chi connectivity index (χ2v) is 6.65. The maximum Gasteiger partial charge on any atom is 0.198 e. The van der Waals surface area contributed by atoms with E-state index in [9.17, 15) is 0 Å². The lowest BCUT2D eigenvalue weighted by Gasteiger charge is -2.30. The zero-order chi connectivity index (χ0) is 17.5. The van der Waals surface area contributed by atoms with Crippen molar-refractivity contribution in [2.45, 2.75) is 46.0 Å². The number of guanidine groups is 1. The van der Waals surface area contributed by atoms with Gasteiger partial charge in [0, 0.05) is 30.9 Å². The molecule has 1 N–H and O–H groups in total. The standard InChI is InChI=1S/C20H28N4O/c1-16-19(17(2)25-23-16)12-9-13-21-20(24-14-7-4-8-15-24)22-18-10-5-3-6-11-18/h3,5-6,10-11H,4,7-9,12-15H2,1-2H3,(H,21,22). The summed E-state index contributed by atoms with van der Waals surface area (Å²) in [5.41, 5.74) is 3.32. The van der Waals surface area contributed by atoms with Gasteiger partial charge in [-0.15, -0.1) is 0 Å². The zero-order valence-electron chi connectivity index (χ0n) is 15.3. The molecule has 5 nitrogen and oxygen atoms in total. The fraction of sp³-hybridized carbons (Fsp3) is 0.500. The molecule has 2 heterocycles. The van der Waals surface area contributed by atoms with Gasteiger partial charge in [0.25, 0.3) is 0 Å². The molecule has 1 saturated heterocycles. The first-order valence-electron chi connectivity index (χ1n) is 9.27. The van der Waals surface area contributed by atoms with E-state index in [1.165, 1.54) is 24.8 Å². The highest BCUT2D eigenvalue weighted by atomic mass is 16.5. The SMILES string of the molecule is Cc1noc(C)c1CCCN=C(Nc1ccccc1)N1CCCCC1. The first kappa shape index (κ1) is 17.5. The molecule has 3 rings (SSSR count). The van der Waals surface area contributed by atoms with Gasteiger partial charge in [0.05, 0.1) is 5.69 Å². The van der Waals surface area contributed by atoms with Crippen LogP contribution in [0.2, 0.25) is 0 Å². The number of piperidine rings is 1. The largest absolute Gasteiger partial charge is 0.361 e. The third-order valence-electron chi connectivity index (χ3n) is 4.71. The number of aliphatic imine (C=N–C) groups is 1. The van der Waals surface area contributed by atoms with Crippen molar-refractivity contribution in [3.05, 3.63) is 47.3 Å². The van der Waals surface area contributed by atoms with Gasteiger partial charge in [0.1, 0.15) is 5.76 Å². The van der Waals surface area contributed by atoms with Crippen LogP contribution in [0.4, 0.5) is 5.69 Å². The van der Waals surface area contributed by atoms with E-state index in [1.54, 1.807) is 0 Å². The molecule has 0 spiro atoms. The Morgan fingerprint density at radius 2 is 1.92 bits per heavy atom. The number of para-hydroxylation sites is 1. The molecule has 0 atom stereocenters. The van der Waals surface area contributed by atoms with Crippen molar-refractivity contribution in [1.82, 2.24) is 10.1 Å². The summed E-state index contributed by atoms with van der Waals surface area (Å²) in [6.45, 7) is 6.96. The minimum atomic E-state index is 0.801. The van der Waals surface area contributed by atoms with Crippen molar-refractivity contribution < 1.29 is 4.52 Å². The fourth-order valence-electron chi connectivity index (χ4n) is 3.27. The summed E-state index contributed by atoms with van der Waals surface area (Å²) in [7, 11) is 0. The summed E-state index contributed by atoms with van der Waals surface area (Å²) in [4.78, 5) is 7.26. The predicted molar refractivity (Wildman–Crippen MR) is 102 cm³/mol. The van der Waals surface area contributed by atoms with E-state index in [0.29, 0.717) is 0 Å². The predicted octanol–water partition coefficient (Wildman–Crippen LogP) is 4.18. The van der Waals surface area contributed by atoms with E-state index in [4.69, 9.17) is 9.52 Å². The number of aryl methyl sites for hydroxylation is 2. The molecule has 1 aromatic carbocycles. The van der Waals surface area contributed by atoms with Gasteiger partial charge in [-0.25, -0.2) is 0 Å². The monoisotopic (exact) mass is 340 g/mol. The maximum atomic E-state index is 5.24. The average molecular weight is 340 g/mol. The van der Waals surface area contributed by atoms with Crippen molar-refractivity contribution in [2.75, 3.05) is 25.0 Å². The number of hydrogen-bond donors (Lipinski definition) is 1. The van der Waals surface area contributed by atoms with Crippen molar-refractivity contribution in [3.63, 3.8) is 0 Å². The number of rotatable bonds is 5. The molecule has 1 aliphatic heterocycles. The van der Waals surface area contributed by atoms with Gasteiger partial charge in [-0.2, -0.15) is 0 Å². The van der Waals surface area contributed by atoms with Gasteiger partial charge in [0.15, 0.2) is 5.96 Å². The molecular weight excluding hydrogens is 312 g/mol. The molecule has 0 saturated carbocycles. The Hall–Kier alpha value is -2.30. The Labute approximate surface area is 150 Å². The van der Waals surface area contributed by atoms with Gasteiger partial charge in [-0.1, -0.05) is 23.4 Å². The van der Waals surface area contributed by atoms with Crippen LogP contribution >= 0.6 is 0 Å². The van der Waals surface area contributed by atoms with Crippen molar-refractivity contribution in [1.29, 1.82) is 0 Å². The lowest BCUT2D eigenvalue weighted by Crippen LogP contribution is -2.40. The third kappa shape index (κ3) is 4.84. The van der Waals surface area contributed by atoms with Crippen LogP contribution in [0.5, 0.6) is 0 Å². The zero-order valence-corrected chi connectivity index (χ0v) is 15.3. The lowest BCUT2D eigenvalue weighted by molar-refractivity contribution is 0.340. The van der Waals surface area contributed by atoms with Crippen molar-refractivity contribution in [2.24, 2.45) is 4.99 Å². The van der Waals surface area contributed by atoms with Gasteiger partial charge >= 0.3 is 0 Å². The molecule has 0 amide bonds. The van der Waals surface area contributed by atoms with E-state index in [0.717, 1.165) is 55.6 Å². The Morgan fingerprint density at radius 1 is 1.16 bits per heavy atom. The average Bonchev–Trinajstić information content (AvgIpc) is 2.97. The third-order valence-corrected chi connectivity index (χ3v) is 4.71. The molecule has 1 fully saturated rings. The summed E-state index contributed by atoms with van der Waals surface area (Å²) < 4.78 is 5.24. The Kier molecular flexibility index (Phi) is 6.09. The molecule has 2 aromatic rings. The molecule has 1 aliphatic rings. The summed E-state index contributed by atoms with van der Waals surface area (Å²) in [6.07, 6.45) is 5.77. The minimum absolute atomic E-state index is 0.801. The minimum Gasteiger partial charge on any atom is -0.361 e. The number of benzene rings is 1. The topological polar surface area (TPSA) is 53.7 Å². The van der Waals surface area contributed by atoms with E-state index >= 15 is 0 Å². The van der Waals surface area contributed by atoms with E-state index in [-0.39, 0.29) is 0 Å². The molecular formula is C20H28N4O. The van der Waals surface area contributed by atoms with Crippen LogP contribution in [0.1, 0.15) is 42.7 Å². The van der Waals surface area contributed by atoms with Crippen LogP contribution in [0.25, 0.3) is 0 Å². The number of nitrogens with zero attached hydrogens (tertiary/aromatic N) is 3. The highest BCUT2D eigenvalue weighted by Crippen LogP contribution is 2.15. The van der Waals surface area contributed by atoms with Crippen LogP contribution < -0.4 is 5.32 Å². The van der Waals surface area contributed by atoms with Gasteiger partial charge < -0.3 is 14.7 Å². The van der Waals surface area contributed by atoms with E-state index in [1.807, 2.05) is 32.0 Å². The highest BCUT2D eigenvalue weighted by Gasteiger charge is 2.15. The lowest BCUT2D eigenvalue weighted by atomic mass is 10.1. The molecule has 25 heavy (non-hydrogen) atoms. The summed E-state index contributed by atoms with van der Waals surface area (Å²) in [6, 6.07) is 10.3. The molecule has 1 aromatic heterocycles. The smallest absolute Gasteiger partial charge is 0.198 e. The van der Waals surface area contributed by atoms with Gasteiger partial charge in [0.2, 0.25) is 0 Å². The first-order valence-corrected chi connectivity index (χ1v) is 9.27. The van der Waals surface area contributed by atoms with E-state index in [2.05, 4.69) is 27.5 Å². The molecule has 5 heteroatoms. The first-order chi connectivity index (χ1) is 12.2. The number of anilines is 1. The quantitative estimate of drug-likeness (QED) is 0.504. The molecule has 134 valence electrons. The molecule has 0 bridgehead atoms. The second-order valence-electron chi connectivity index (χ2n) is 6.65.